The van der Waals surface area contributed by atoms with Crippen molar-refractivity contribution in [3.05, 3.63) is 53.9 Å². The lowest BCUT2D eigenvalue weighted by Gasteiger charge is -2.29. The number of nitrogens with zero attached hydrogens (tertiary/aromatic N) is 6. The van der Waals surface area contributed by atoms with E-state index in [1.807, 2.05) is 18.1 Å². The topological polar surface area (TPSA) is 76.4 Å². The Morgan fingerprint density at radius 2 is 2.00 bits per heavy atom. The predicted octanol–water partition coefficient (Wildman–Crippen LogP) is 2.83. The third kappa shape index (κ3) is 4.53. The number of amides is 1. The first kappa shape index (κ1) is 21.4. The Morgan fingerprint density at radius 3 is 2.73 bits per heavy atom. The van der Waals surface area contributed by atoms with E-state index in [4.69, 9.17) is 14.7 Å². The van der Waals surface area contributed by atoms with E-state index in [2.05, 4.69) is 10.00 Å². The SMILES string of the molecule is CC(=O)N1CCc2nc(N3CCC(COc4ccc(F)cc4)C3)c(-c3cnn(C)c3)nc2C1. The van der Waals surface area contributed by atoms with Gasteiger partial charge in [0.1, 0.15) is 17.3 Å². The number of aryl methyl sites for hydroxylation is 1. The summed E-state index contributed by atoms with van der Waals surface area (Å²) in [6.07, 6.45) is 5.42. The molecule has 0 saturated carbocycles. The zero-order valence-corrected chi connectivity index (χ0v) is 18.9. The second kappa shape index (κ2) is 8.80. The molecular weight excluding hydrogens is 423 g/mol. The summed E-state index contributed by atoms with van der Waals surface area (Å²) in [6.45, 7) is 4.97. The number of hydrogen-bond acceptors (Lipinski definition) is 6. The molecule has 1 atom stereocenters. The van der Waals surface area contributed by atoms with Gasteiger partial charge in [-0.15, -0.1) is 0 Å². The van der Waals surface area contributed by atoms with E-state index in [1.54, 1.807) is 29.9 Å². The highest BCUT2D eigenvalue weighted by atomic mass is 19.1. The summed E-state index contributed by atoms with van der Waals surface area (Å²) in [6, 6.07) is 6.13. The minimum absolute atomic E-state index is 0.0537. The van der Waals surface area contributed by atoms with Crippen LogP contribution in [0.1, 0.15) is 24.7 Å². The standard InChI is InChI=1S/C24H27FN6O2/c1-16(32)30-10-8-21-22(14-30)27-23(18-11-26-29(2)13-18)24(28-21)31-9-7-17(12-31)15-33-20-5-3-19(25)4-6-20/h3-6,11,13,17H,7-10,12,14-15H2,1-2H3. The Kier molecular flexibility index (Phi) is 5.70. The Bertz CT molecular complexity index is 1160. The van der Waals surface area contributed by atoms with Crippen molar-refractivity contribution in [3.8, 4) is 17.0 Å². The quantitative estimate of drug-likeness (QED) is 0.595. The lowest BCUT2D eigenvalue weighted by molar-refractivity contribution is -0.129. The number of ether oxygens (including phenoxy) is 1. The molecule has 3 aromatic rings. The van der Waals surface area contributed by atoms with Gasteiger partial charge in [0, 0.05) is 57.7 Å². The number of halogens is 1. The summed E-state index contributed by atoms with van der Waals surface area (Å²) in [5.41, 5.74) is 3.52. The van der Waals surface area contributed by atoms with E-state index in [0.717, 1.165) is 48.0 Å². The summed E-state index contributed by atoms with van der Waals surface area (Å²) in [4.78, 5) is 26.0. The van der Waals surface area contributed by atoms with Crippen molar-refractivity contribution in [2.75, 3.05) is 31.1 Å². The number of aromatic nitrogens is 4. The average Bonchev–Trinajstić information content (AvgIpc) is 3.46. The first-order chi connectivity index (χ1) is 16.0. The van der Waals surface area contributed by atoms with E-state index in [0.29, 0.717) is 37.8 Å². The van der Waals surface area contributed by atoms with Gasteiger partial charge in [-0.1, -0.05) is 0 Å². The summed E-state index contributed by atoms with van der Waals surface area (Å²) in [5, 5.41) is 4.32. The van der Waals surface area contributed by atoms with Gasteiger partial charge in [0.2, 0.25) is 5.91 Å². The molecule has 0 bridgehead atoms. The largest absolute Gasteiger partial charge is 0.493 e. The molecule has 1 unspecified atom stereocenters. The fourth-order valence-corrected chi connectivity index (χ4v) is 4.45. The number of anilines is 1. The van der Waals surface area contributed by atoms with Crippen LogP contribution in [0.2, 0.25) is 0 Å². The van der Waals surface area contributed by atoms with Crippen LogP contribution < -0.4 is 9.64 Å². The molecule has 5 rings (SSSR count). The molecule has 9 heteroatoms. The van der Waals surface area contributed by atoms with Crippen molar-refractivity contribution >= 4 is 11.7 Å². The van der Waals surface area contributed by atoms with Crippen molar-refractivity contribution in [3.63, 3.8) is 0 Å². The molecule has 1 saturated heterocycles. The van der Waals surface area contributed by atoms with Crippen LogP contribution in [0, 0.1) is 11.7 Å². The van der Waals surface area contributed by atoms with Crippen LogP contribution >= 0.6 is 0 Å². The molecule has 0 N–H and O–H groups in total. The lowest BCUT2D eigenvalue weighted by Crippen LogP contribution is -2.36. The minimum Gasteiger partial charge on any atom is -0.493 e. The number of benzene rings is 1. The molecule has 2 aliphatic heterocycles. The maximum atomic E-state index is 13.1. The van der Waals surface area contributed by atoms with Crippen LogP contribution in [0.3, 0.4) is 0 Å². The summed E-state index contributed by atoms with van der Waals surface area (Å²) in [5.74, 6) is 1.66. The second-order valence-corrected chi connectivity index (χ2v) is 8.75. The Hall–Kier alpha value is -3.49. The Morgan fingerprint density at radius 1 is 1.18 bits per heavy atom. The average molecular weight is 451 g/mol. The number of fused-ring (bicyclic) bond motifs is 1. The van der Waals surface area contributed by atoms with Gasteiger partial charge in [-0.25, -0.2) is 14.4 Å². The van der Waals surface area contributed by atoms with Gasteiger partial charge in [0.05, 0.1) is 30.7 Å². The van der Waals surface area contributed by atoms with Gasteiger partial charge < -0.3 is 14.5 Å². The Balaban J connectivity index is 1.38. The van der Waals surface area contributed by atoms with Crippen LogP contribution in [-0.2, 0) is 24.8 Å². The zero-order valence-electron chi connectivity index (χ0n) is 18.9. The van der Waals surface area contributed by atoms with Crippen molar-refractivity contribution in [2.24, 2.45) is 13.0 Å². The molecule has 0 aliphatic carbocycles. The zero-order chi connectivity index (χ0) is 22.9. The fourth-order valence-electron chi connectivity index (χ4n) is 4.45. The normalized spacial score (nSPS) is 17.8. The van der Waals surface area contributed by atoms with Crippen molar-refractivity contribution < 1.29 is 13.9 Å². The molecule has 0 spiro atoms. The summed E-state index contributed by atoms with van der Waals surface area (Å²) in [7, 11) is 1.88. The van der Waals surface area contributed by atoms with Crippen molar-refractivity contribution in [2.45, 2.75) is 26.3 Å². The molecule has 4 heterocycles. The smallest absolute Gasteiger partial charge is 0.219 e. The highest BCUT2D eigenvalue weighted by molar-refractivity contribution is 5.74. The molecule has 2 aliphatic rings. The van der Waals surface area contributed by atoms with E-state index in [9.17, 15) is 9.18 Å². The van der Waals surface area contributed by atoms with E-state index in [-0.39, 0.29) is 11.7 Å². The molecule has 1 aromatic carbocycles. The van der Waals surface area contributed by atoms with Crippen LogP contribution in [0.5, 0.6) is 5.75 Å². The first-order valence-corrected chi connectivity index (χ1v) is 11.2. The van der Waals surface area contributed by atoms with Crippen LogP contribution in [0.25, 0.3) is 11.3 Å². The van der Waals surface area contributed by atoms with Gasteiger partial charge in [0.15, 0.2) is 5.82 Å². The van der Waals surface area contributed by atoms with Crippen molar-refractivity contribution in [1.29, 1.82) is 0 Å². The van der Waals surface area contributed by atoms with Crippen LogP contribution in [-0.4, -0.2) is 56.8 Å². The number of carbonyl (C=O) groups excluding carboxylic acids is 1. The molecular formula is C24H27FN6O2. The van der Waals surface area contributed by atoms with Gasteiger partial charge in [0.25, 0.3) is 0 Å². The van der Waals surface area contributed by atoms with Crippen molar-refractivity contribution in [1.82, 2.24) is 24.6 Å². The van der Waals surface area contributed by atoms with Gasteiger partial charge in [-0.3, -0.25) is 9.48 Å². The molecule has 1 amide bonds. The third-order valence-corrected chi connectivity index (χ3v) is 6.30. The predicted molar refractivity (Wildman–Crippen MR) is 121 cm³/mol. The van der Waals surface area contributed by atoms with E-state index >= 15 is 0 Å². The van der Waals surface area contributed by atoms with Gasteiger partial charge >= 0.3 is 0 Å². The number of hydrogen-bond donors (Lipinski definition) is 0. The molecule has 172 valence electrons. The molecule has 33 heavy (non-hydrogen) atoms. The molecule has 8 nitrogen and oxygen atoms in total. The van der Waals surface area contributed by atoms with Gasteiger partial charge in [-0.05, 0) is 30.7 Å². The highest BCUT2D eigenvalue weighted by Crippen LogP contribution is 2.33. The first-order valence-electron chi connectivity index (χ1n) is 11.2. The maximum absolute atomic E-state index is 13.1. The maximum Gasteiger partial charge on any atom is 0.219 e. The third-order valence-electron chi connectivity index (χ3n) is 6.30. The number of carbonyl (C=O) groups is 1. The highest BCUT2D eigenvalue weighted by Gasteiger charge is 2.30. The monoisotopic (exact) mass is 450 g/mol. The Labute approximate surface area is 192 Å². The molecule has 2 aromatic heterocycles. The fraction of sp³-hybridized carbons (Fsp3) is 0.417. The lowest BCUT2D eigenvalue weighted by atomic mass is 10.1. The molecule has 1 fully saturated rings. The minimum atomic E-state index is -0.269. The summed E-state index contributed by atoms with van der Waals surface area (Å²) < 4.78 is 20.8. The van der Waals surface area contributed by atoms with E-state index in [1.165, 1.54) is 12.1 Å². The van der Waals surface area contributed by atoms with E-state index < -0.39 is 0 Å². The number of rotatable bonds is 5. The summed E-state index contributed by atoms with van der Waals surface area (Å²) >= 11 is 0. The van der Waals surface area contributed by atoms with Crippen LogP contribution in [0.15, 0.2) is 36.7 Å². The van der Waals surface area contributed by atoms with Crippen LogP contribution in [0.4, 0.5) is 10.2 Å². The van der Waals surface area contributed by atoms with Gasteiger partial charge in [-0.2, -0.15) is 5.10 Å². The second-order valence-electron chi connectivity index (χ2n) is 8.75. The molecule has 0 radical (unpaired) electrons.